The summed E-state index contributed by atoms with van der Waals surface area (Å²) in [6.07, 6.45) is -4.08. The first-order valence-electron chi connectivity index (χ1n) is 9.40. The van der Waals surface area contributed by atoms with Crippen LogP contribution in [0.15, 0.2) is 46.3 Å². The van der Waals surface area contributed by atoms with Crippen LogP contribution in [-0.2, 0) is 14.3 Å². The summed E-state index contributed by atoms with van der Waals surface area (Å²) < 4.78 is 51.7. The van der Waals surface area contributed by atoms with Crippen LogP contribution < -0.4 is 11.1 Å². The van der Waals surface area contributed by atoms with E-state index in [-0.39, 0.29) is 32.4 Å². The highest BCUT2D eigenvalue weighted by atomic mass is 35.5. The smallest absolute Gasteiger partial charge is 0.407 e. The molecule has 11 heteroatoms. The van der Waals surface area contributed by atoms with Crippen molar-refractivity contribution in [3.63, 3.8) is 0 Å². The van der Waals surface area contributed by atoms with Crippen molar-refractivity contribution in [2.45, 2.75) is 37.8 Å². The molecule has 1 amide bonds. The molecule has 1 aliphatic rings. The summed E-state index contributed by atoms with van der Waals surface area (Å²) >= 11 is 5.85. The van der Waals surface area contributed by atoms with Crippen LogP contribution in [0.25, 0.3) is 17.0 Å². The Labute approximate surface area is 180 Å². The molecular weight excluding hydrogens is 441 g/mol. The van der Waals surface area contributed by atoms with E-state index in [0.29, 0.717) is 22.0 Å². The Morgan fingerprint density at radius 1 is 1.26 bits per heavy atom. The lowest BCUT2D eigenvalue weighted by atomic mass is 9.92. The normalized spacial score (nSPS) is 18.5. The molecule has 1 fully saturated rings. The van der Waals surface area contributed by atoms with Crippen molar-refractivity contribution in [2.24, 2.45) is 0 Å². The molecule has 3 rings (SSSR count). The van der Waals surface area contributed by atoms with Crippen molar-refractivity contribution < 1.29 is 31.9 Å². The minimum atomic E-state index is -4.66. The van der Waals surface area contributed by atoms with Crippen molar-refractivity contribution in [3.05, 3.63) is 52.6 Å². The second kappa shape index (κ2) is 9.71. The van der Waals surface area contributed by atoms with E-state index in [2.05, 4.69) is 16.6 Å². The number of oxazole rings is 1. The molecule has 7 nitrogen and oxygen atoms in total. The number of nitrogens with zero attached hydrogens (tertiary/aromatic N) is 1. The number of rotatable bonds is 9. The van der Waals surface area contributed by atoms with Gasteiger partial charge in [-0.05, 0) is 24.3 Å². The van der Waals surface area contributed by atoms with E-state index in [1.54, 1.807) is 24.3 Å². The molecule has 0 radical (unpaired) electrons. The van der Waals surface area contributed by atoms with Crippen LogP contribution in [0.2, 0.25) is 5.02 Å². The molecule has 2 aromatic rings. The largest absolute Gasteiger partial charge is 0.522 e. The summed E-state index contributed by atoms with van der Waals surface area (Å²) in [6, 6.07) is 6.78. The number of hydrogen-bond acceptors (Lipinski definition) is 5. The number of benzene rings is 1. The summed E-state index contributed by atoms with van der Waals surface area (Å²) in [7, 11) is 0. The number of carbonyl (C=O) groups is 1. The highest BCUT2D eigenvalue weighted by Gasteiger charge is 2.40. The van der Waals surface area contributed by atoms with Gasteiger partial charge in [0.05, 0.1) is 18.4 Å². The van der Waals surface area contributed by atoms with Gasteiger partial charge in [-0.3, -0.25) is 14.1 Å². The highest BCUT2D eigenvalue weighted by Crippen LogP contribution is 2.32. The number of ether oxygens (including phenoxy) is 2. The maximum Gasteiger partial charge on any atom is 0.522 e. The first-order chi connectivity index (χ1) is 14.6. The maximum absolute atomic E-state index is 12.1. The third-order valence-electron chi connectivity index (χ3n) is 4.65. The Kier molecular flexibility index (Phi) is 7.24. The monoisotopic (exact) mass is 460 g/mol. The quantitative estimate of drug-likeness (QED) is 0.615. The van der Waals surface area contributed by atoms with Gasteiger partial charge in [0.1, 0.15) is 6.61 Å². The zero-order chi connectivity index (χ0) is 22.6. The molecule has 0 unspecified atom stereocenters. The summed E-state index contributed by atoms with van der Waals surface area (Å²) in [6.45, 7) is 3.75. The van der Waals surface area contributed by atoms with Crippen LogP contribution in [0.4, 0.5) is 13.2 Å². The van der Waals surface area contributed by atoms with Crippen LogP contribution in [0.1, 0.15) is 19.3 Å². The van der Waals surface area contributed by atoms with Crippen molar-refractivity contribution >= 4 is 23.2 Å². The highest BCUT2D eigenvalue weighted by molar-refractivity contribution is 6.30. The topological polar surface area (TPSA) is 82.7 Å². The van der Waals surface area contributed by atoms with Crippen LogP contribution in [0, 0.1) is 0 Å². The van der Waals surface area contributed by atoms with Gasteiger partial charge in [-0.25, -0.2) is 4.79 Å². The maximum atomic E-state index is 12.1. The lowest BCUT2D eigenvalue weighted by molar-refractivity contribution is -0.357. The molecule has 168 valence electrons. The second-order valence-corrected chi connectivity index (χ2v) is 7.43. The molecule has 0 spiro atoms. The van der Waals surface area contributed by atoms with Gasteiger partial charge in [-0.2, -0.15) is 0 Å². The number of aromatic nitrogens is 1. The van der Waals surface area contributed by atoms with Gasteiger partial charge in [0.25, 0.3) is 0 Å². The van der Waals surface area contributed by atoms with Gasteiger partial charge < -0.3 is 14.5 Å². The van der Waals surface area contributed by atoms with Gasteiger partial charge in [0.15, 0.2) is 5.76 Å². The van der Waals surface area contributed by atoms with Crippen molar-refractivity contribution in [1.29, 1.82) is 0 Å². The predicted octanol–water partition coefficient (Wildman–Crippen LogP) is 3.82. The zero-order valence-corrected chi connectivity index (χ0v) is 17.0. The molecule has 0 saturated heterocycles. The third-order valence-corrected chi connectivity index (χ3v) is 4.90. The van der Waals surface area contributed by atoms with Crippen LogP contribution in [0.3, 0.4) is 0 Å². The minimum Gasteiger partial charge on any atom is -0.407 e. The Morgan fingerprint density at radius 2 is 1.94 bits per heavy atom. The Bertz CT molecular complexity index is 978. The lowest BCUT2D eigenvalue weighted by Crippen LogP contribution is -2.42. The van der Waals surface area contributed by atoms with Crippen LogP contribution in [-0.4, -0.2) is 42.2 Å². The molecule has 31 heavy (non-hydrogen) atoms. The number of halogens is 4. The van der Waals surface area contributed by atoms with Crippen molar-refractivity contribution in [1.82, 2.24) is 9.88 Å². The summed E-state index contributed by atoms with van der Waals surface area (Å²) in [5, 5.41) is 3.16. The molecule has 1 saturated carbocycles. The van der Waals surface area contributed by atoms with Gasteiger partial charge in [0, 0.05) is 42.1 Å². The Morgan fingerprint density at radius 3 is 2.58 bits per heavy atom. The van der Waals surface area contributed by atoms with E-state index in [4.69, 9.17) is 20.8 Å². The number of amides is 1. The standard InChI is InChI=1S/C20H20ClF3N2O5/c1-12(26-10-17(30-19(26)28)13-2-4-14(21)5-3-13)6-7-25-18(27)11-29-15-8-16(9-15)31-20(22,23)24/h2-5,10,15-16H,1,6-9,11H2,(H,25,27). The molecule has 0 atom stereocenters. The fourth-order valence-electron chi connectivity index (χ4n) is 2.96. The van der Waals surface area contributed by atoms with Crippen LogP contribution >= 0.6 is 11.6 Å². The lowest BCUT2D eigenvalue weighted by Gasteiger charge is -2.34. The first-order valence-corrected chi connectivity index (χ1v) is 9.78. The summed E-state index contributed by atoms with van der Waals surface area (Å²) in [5.74, 6) is -0.673. The Balaban J connectivity index is 1.38. The number of nitrogens with one attached hydrogen (secondary N) is 1. The number of hydrogen-bond donors (Lipinski definition) is 1. The SMILES string of the molecule is C=C(CCNC(=O)COC1CC(OC(F)(F)F)C1)n1cc(-c2ccc(Cl)cc2)oc1=O. The minimum absolute atomic E-state index is 0.0863. The predicted molar refractivity (Wildman–Crippen MR) is 106 cm³/mol. The van der Waals surface area contributed by atoms with Gasteiger partial charge in [-0.1, -0.05) is 18.2 Å². The molecule has 1 aromatic carbocycles. The Hall–Kier alpha value is -2.56. The van der Waals surface area contributed by atoms with Gasteiger partial charge in [-0.15, -0.1) is 13.2 Å². The summed E-state index contributed by atoms with van der Waals surface area (Å²) in [5.41, 5.74) is 1.10. The summed E-state index contributed by atoms with van der Waals surface area (Å²) in [4.78, 5) is 23.9. The first kappa shape index (κ1) is 23.1. The molecule has 1 aromatic heterocycles. The zero-order valence-electron chi connectivity index (χ0n) is 16.3. The molecule has 0 bridgehead atoms. The van der Waals surface area contributed by atoms with E-state index >= 15 is 0 Å². The molecule has 1 aliphatic carbocycles. The van der Waals surface area contributed by atoms with E-state index in [1.165, 1.54) is 10.8 Å². The molecule has 1 heterocycles. The third kappa shape index (κ3) is 6.71. The van der Waals surface area contributed by atoms with E-state index in [0.717, 1.165) is 0 Å². The molecular formula is C20H20ClF3N2O5. The molecule has 1 N–H and O–H groups in total. The van der Waals surface area contributed by atoms with E-state index in [1.807, 2.05) is 0 Å². The van der Waals surface area contributed by atoms with Gasteiger partial charge >= 0.3 is 12.1 Å². The van der Waals surface area contributed by atoms with Crippen LogP contribution in [0.5, 0.6) is 0 Å². The average Bonchev–Trinajstić information content (AvgIpc) is 3.05. The number of carbonyl (C=O) groups excluding carboxylic acids is 1. The fraction of sp³-hybridized carbons (Fsp3) is 0.400. The average molecular weight is 461 g/mol. The molecule has 0 aliphatic heterocycles. The van der Waals surface area contributed by atoms with E-state index in [9.17, 15) is 22.8 Å². The van der Waals surface area contributed by atoms with Crippen molar-refractivity contribution in [3.8, 4) is 11.3 Å². The fourth-order valence-corrected chi connectivity index (χ4v) is 3.08. The van der Waals surface area contributed by atoms with E-state index < -0.39 is 30.2 Å². The number of alkyl halides is 3. The van der Waals surface area contributed by atoms with Gasteiger partial charge in [0.2, 0.25) is 5.91 Å². The second-order valence-electron chi connectivity index (χ2n) is 6.99. The van der Waals surface area contributed by atoms with Crippen molar-refractivity contribution in [2.75, 3.05) is 13.2 Å².